The number of rotatable bonds is 38. The SMILES string of the molecule is CCCCCCCCC/C=C/CC/C=C/CCCC(O)C(O)C(COC1OC(CO)C(O)C(O)C1O)NC(=O)C(O)CCCCCCCCCCCCCCCC. The van der Waals surface area contributed by atoms with Crippen molar-refractivity contribution in [2.45, 2.75) is 249 Å². The Morgan fingerprint density at radius 1 is 0.596 bits per heavy atom. The minimum absolute atomic E-state index is 0.248. The molecule has 0 aromatic carbocycles. The van der Waals surface area contributed by atoms with E-state index in [1.165, 1.54) is 109 Å². The predicted octanol–water partition coefficient (Wildman–Crippen LogP) is 7.45. The second-order valence-corrected chi connectivity index (χ2v) is 16.5. The van der Waals surface area contributed by atoms with E-state index in [1.54, 1.807) is 0 Å². The third-order valence-electron chi connectivity index (χ3n) is 11.2. The van der Waals surface area contributed by atoms with Gasteiger partial charge in [-0.15, -0.1) is 0 Å². The highest BCUT2D eigenvalue weighted by molar-refractivity contribution is 5.80. The average molecular weight is 814 g/mol. The maximum absolute atomic E-state index is 13.1. The van der Waals surface area contributed by atoms with E-state index in [0.717, 1.165) is 38.5 Å². The number of amides is 1. The molecule has 336 valence electrons. The molecule has 0 saturated carbocycles. The minimum atomic E-state index is -1.67. The zero-order chi connectivity index (χ0) is 41.9. The number of nitrogens with one attached hydrogen (secondary N) is 1. The van der Waals surface area contributed by atoms with Gasteiger partial charge < -0.3 is 50.5 Å². The fourth-order valence-electron chi connectivity index (χ4n) is 7.34. The van der Waals surface area contributed by atoms with E-state index in [2.05, 4.69) is 43.5 Å². The molecule has 0 radical (unpaired) electrons. The maximum Gasteiger partial charge on any atom is 0.249 e. The third kappa shape index (κ3) is 26.4. The van der Waals surface area contributed by atoms with E-state index in [4.69, 9.17) is 9.47 Å². The lowest BCUT2D eigenvalue weighted by Crippen LogP contribution is -2.60. The summed E-state index contributed by atoms with van der Waals surface area (Å²) in [6.07, 6.45) is 28.0. The number of aliphatic hydroxyl groups is 7. The molecule has 11 heteroatoms. The number of carbonyl (C=O) groups excluding carboxylic acids is 1. The molecule has 0 aromatic rings. The third-order valence-corrected chi connectivity index (χ3v) is 11.2. The lowest BCUT2D eigenvalue weighted by molar-refractivity contribution is -0.303. The molecular formula is C46H87NO10. The van der Waals surface area contributed by atoms with Crippen molar-refractivity contribution in [3.05, 3.63) is 24.3 Å². The molecular weight excluding hydrogens is 727 g/mol. The van der Waals surface area contributed by atoms with Gasteiger partial charge in [-0.25, -0.2) is 0 Å². The Balaban J connectivity index is 2.50. The van der Waals surface area contributed by atoms with Crippen molar-refractivity contribution in [2.75, 3.05) is 13.2 Å². The smallest absolute Gasteiger partial charge is 0.249 e. The maximum atomic E-state index is 13.1. The van der Waals surface area contributed by atoms with Gasteiger partial charge in [0.2, 0.25) is 5.91 Å². The first-order chi connectivity index (χ1) is 27.7. The molecule has 0 bridgehead atoms. The summed E-state index contributed by atoms with van der Waals surface area (Å²) in [6.45, 7) is 3.41. The van der Waals surface area contributed by atoms with Crippen molar-refractivity contribution in [2.24, 2.45) is 0 Å². The van der Waals surface area contributed by atoms with E-state index in [-0.39, 0.29) is 12.8 Å². The van der Waals surface area contributed by atoms with Gasteiger partial charge in [-0.2, -0.15) is 0 Å². The summed E-state index contributed by atoms with van der Waals surface area (Å²) >= 11 is 0. The first-order valence-corrected chi connectivity index (χ1v) is 23.2. The zero-order valence-electron chi connectivity index (χ0n) is 36.1. The first kappa shape index (κ1) is 53.6. The van der Waals surface area contributed by atoms with Gasteiger partial charge in [0.1, 0.15) is 36.6 Å². The molecule has 1 amide bonds. The standard InChI is InChI=1S/C46H87NO10/c1-3-5-7-9-11-13-15-17-19-20-22-23-25-27-29-31-33-38(49)41(51)37(36-56-46-44(54)43(53)42(52)40(35-48)57-46)47-45(55)39(50)34-32-30-28-26-24-21-18-16-14-12-10-8-6-4-2/h19-20,25,27,37-44,46,48-54H,3-18,21-24,26,28-36H2,1-2H3,(H,47,55)/b20-19+,27-25+. The van der Waals surface area contributed by atoms with Gasteiger partial charge in [-0.1, -0.05) is 167 Å². The second-order valence-electron chi connectivity index (χ2n) is 16.5. The molecule has 0 aliphatic carbocycles. The quantitative estimate of drug-likeness (QED) is 0.0230. The van der Waals surface area contributed by atoms with Crippen LogP contribution in [0, 0.1) is 0 Å². The van der Waals surface area contributed by atoms with Gasteiger partial charge in [0.05, 0.1) is 25.4 Å². The van der Waals surface area contributed by atoms with Crippen LogP contribution in [0.25, 0.3) is 0 Å². The lowest BCUT2D eigenvalue weighted by atomic mass is 9.98. The lowest BCUT2D eigenvalue weighted by Gasteiger charge is -2.40. The molecule has 0 aromatic heterocycles. The predicted molar refractivity (Wildman–Crippen MR) is 229 cm³/mol. The Bertz CT molecular complexity index is 981. The Labute approximate surface area is 346 Å². The van der Waals surface area contributed by atoms with Crippen molar-refractivity contribution < 1.29 is 50.0 Å². The molecule has 8 N–H and O–H groups in total. The van der Waals surface area contributed by atoms with Gasteiger partial charge in [-0.3, -0.25) is 4.79 Å². The van der Waals surface area contributed by atoms with Crippen LogP contribution in [0.1, 0.15) is 194 Å². The van der Waals surface area contributed by atoms with Gasteiger partial charge in [0.15, 0.2) is 6.29 Å². The van der Waals surface area contributed by atoms with Crippen molar-refractivity contribution >= 4 is 5.91 Å². The van der Waals surface area contributed by atoms with Gasteiger partial charge in [-0.05, 0) is 51.4 Å². The number of hydrogen-bond donors (Lipinski definition) is 8. The van der Waals surface area contributed by atoms with Crippen LogP contribution in [0.3, 0.4) is 0 Å². The fraction of sp³-hybridized carbons (Fsp3) is 0.891. The highest BCUT2D eigenvalue weighted by atomic mass is 16.7. The Kier molecular flexibility index (Phi) is 34.3. The van der Waals surface area contributed by atoms with Crippen molar-refractivity contribution in [1.82, 2.24) is 5.32 Å². The molecule has 1 aliphatic rings. The van der Waals surface area contributed by atoms with Crippen molar-refractivity contribution in [3.63, 3.8) is 0 Å². The molecule has 57 heavy (non-hydrogen) atoms. The van der Waals surface area contributed by atoms with Crippen LogP contribution in [-0.4, -0.2) is 110 Å². The number of ether oxygens (including phenoxy) is 2. The van der Waals surface area contributed by atoms with Gasteiger partial charge in [0, 0.05) is 0 Å². The van der Waals surface area contributed by atoms with Crippen LogP contribution in [-0.2, 0) is 14.3 Å². The monoisotopic (exact) mass is 814 g/mol. The average Bonchev–Trinajstić information content (AvgIpc) is 3.21. The van der Waals surface area contributed by atoms with E-state index < -0.39 is 74.2 Å². The number of carbonyl (C=O) groups is 1. The summed E-state index contributed by atoms with van der Waals surface area (Å²) in [4.78, 5) is 13.1. The topological polar surface area (TPSA) is 189 Å². The number of hydrogen-bond acceptors (Lipinski definition) is 10. The van der Waals surface area contributed by atoms with E-state index in [1.807, 2.05) is 0 Å². The minimum Gasteiger partial charge on any atom is -0.394 e. The van der Waals surface area contributed by atoms with E-state index in [0.29, 0.717) is 19.3 Å². The van der Waals surface area contributed by atoms with E-state index in [9.17, 15) is 40.5 Å². The highest BCUT2D eigenvalue weighted by Gasteiger charge is 2.44. The van der Waals surface area contributed by atoms with Gasteiger partial charge >= 0.3 is 0 Å². The fourth-order valence-corrected chi connectivity index (χ4v) is 7.34. The summed E-state index contributed by atoms with van der Waals surface area (Å²) in [7, 11) is 0. The summed E-state index contributed by atoms with van der Waals surface area (Å²) in [5.41, 5.74) is 0. The van der Waals surface area contributed by atoms with Crippen LogP contribution in [0.2, 0.25) is 0 Å². The van der Waals surface area contributed by atoms with Gasteiger partial charge in [0.25, 0.3) is 0 Å². The molecule has 1 saturated heterocycles. The normalized spacial score (nSPS) is 22.3. The zero-order valence-corrected chi connectivity index (χ0v) is 36.1. The first-order valence-electron chi connectivity index (χ1n) is 23.2. The van der Waals surface area contributed by atoms with Crippen LogP contribution >= 0.6 is 0 Å². The molecule has 0 spiro atoms. The second kappa shape index (κ2) is 36.4. The summed E-state index contributed by atoms with van der Waals surface area (Å²) in [6, 6.07) is -1.19. The molecule has 1 aliphatic heterocycles. The highest BCUT2D eigenvalue weighted by Crippen LogP contribution is 2.23. The van der Waals surface area contributed by atoms with Crippen LogP contribution in [0.4, 0.5) is 0 Å². The molecule has 9 atom stereocenters. The summed E-state index contributed by atoms with van der Waals surface area (Å²) in [5, 5.41) is 75.6. The number of unbranched alkanes of at least 4 members (excludes halogenated alkanes) is 22. The molecule has 1 fully saturated rings. The summed E-state index contributed by atoms with van der Waals surface area (Å²) in [5.74, 6) is -0.710. The molecule has 9 unspecified atom stereocenters. The Morgan fingerprint density at radius 2 is 1.05 bits per heavy atom. The number of allylic oxidation sites excluding steroid dienone is 4. The van der Waals surface area contributed by atoms with Crippen LogP contribution < -0.4 is 5.32 Å². The summed E-state index contributed by atoms with van der Waals surface area (Å²) < 4.78 is 11.1. The molecule has 1 heterocycles. The Hall–Kier alpha value is -1.41. The van der Waals surface area contributed by atoms with Crippen LogP contribution in [0.5, 0.6) is 0 Å². The van der Waals surface area contributed by atoms with Crippen molar-refractivity contribution in [1.29, 1.82) is 0 Å². The molecule has 1 rings (SSSR count). The Morgan fingerprint density at radius 3 is 1.56 bits per heavy atom. The van der Waals surface area contributed by atoms with Crippen molar-refractivity contribution in [3.8, 4) is 0 Å². The largest absolute Gasteiger partial charge is 0.394 e. The number of aliphatic hydroxyl groups excluding tert-OH is 7. The molecule has 11 nitrogen and oxygen atoms in total. The van der Waals surface area contributed by atoms with E-state index >= 15 is 0 Å². The van der Waals surface area contributed by atoms with Crippen LogP contribution in [0.15, 0.2) is 24.3 Å².